The van der Waals surface area contributed by atoms with Crippen molar-refractivity contribution < 1.29 is 18.0 Å². The Morgan fingerprint density at radius 1 is 1.14 bits per heavy atom. The van der Waals surface area contributed by atoms with E-state index in [0.717, 1.165) is 11.1 Å². The maximum Gasteiger partial charge on any atom is 0.271 e. The van der Waals surface area contributed by atoms with Gasteiger partial charge in [-0.05, 0) is 37.8 Å². The number of amides is 2. The maximum absolute atomic E-state index is 12.7. The number of aryl methyl sites for hydroxylation is 2. The lowest BCUT2D eigenvalue weighted by Gasteiger charge is -2.30. The average Bonchev–Trinajstić information content (AvgIpc) is 3.09. The predicted molar refractivity (Wildman–Crippen MR) is 109 cm³/mol. The van der Waals surface area contributed by atoms with Gasteiger partial charge in [0.05, 0.1) is 18.1 Å². The van der Waals surface area contributed by atoms with Crippen molar-refractivity contribution in [3.05, 3.63) is 46.8 Å². The number of hydrogen-bond donors (Lipinski definition) is 3. The van der Waals surface area contributed by atoms with Crippen LogP contribution in [0, 0.1) is 13.8 Å². The first-order chi connectivity index (χ1) is 13.7. The molecule has 156 valence electrons. The molecule has 0 radical (unpaired) electrons. The number of aromatic amines is 1. The Balaban J connectivity index is 1.66. The number of rotatable bonds is 5. The summed E-state index contributed by atoms with van der Waals surface area (Å²) in [6.45, 7) is 4.44. The third kappa shape index (κ3) is 4.83. The van der Waals surface area contributed by atoms with Gasteiger partial charge in [0, 0.05) is 24.7 Å². The highest BCUT2D eigenvalue weighted by Gasteiger charge is 2.27. The zero-order valence-corrected chi connectivity index (χ0v) is 17.5. The summed E-state index contributed by atoms with van der Waals surface area (Å²) in [6, 6.07) is 5.44. The van der Waals surface area contributed by atoms with Gasteiger partial charge < -0.3 is 10.6 Å². The van der Waals surface area contributed by atoms with Crippen molar-refractivity contribution in [3.63, 3.8) is 0 Å². The summed E-state index contributed by atoms with van der Waals surface area (Å²) in [4.78, 5) is 25.4. The van der Waals surface area contributed by atoms with E-state index in [0.29, 0.717) is 37.2 Å². The molecule has 1 fully saturated rings. The molecule has 0 atom stereocenters. The second kappa shape index (κ2) is 8.34. The lowest BCUT2D eigenvalue weighted by atomic mass is 10.0. The van der Waals surface area contributed by atoms with Crippen LogP contribution in [-0.2, 0) is 10.0 Å². The molecular formula is C19H25N5O4S. The third-order valence-electron chi connectivity index (χ3n) is 5.08. The van der Waals surface area contributed by atoms with Gasteiger partial charge in [-0.3, -0.25) is 14.7 Å². The van der Waals surface area contributed by atoms with E-state index in [2.05, 4.69) is 20.8 Å². The molecule has 2 heterocycles. The highest BCUT2D eigenvalue weighted by atomic mass is 32.2. The number of piperidine rings is 1. The number of aromatic nitrogens is 2. The van der Waals surface area contributed by atoms with Crippen molar-refractivity contribution in [3.8, 4) is 0 Å². The maximum atomic E-state index is 12.7. The number of hydrogen-bond acceptors (Lipinski definition) is 5. The van der Waals surface area contributed by atoms with Crippen LogP contribution < -0.4 is 10.6 Å². The monoisotopic (exact) mass is 419 g/mol. The van der Waals surface area contributed by atoms with Crippen molar-refractivity contribution in [2.24, 2.45) is 0 Å². The normalized spacial score (nSPS) is 15.8. The summed E-state index contributed by atoms with van der Waals surface area (Å²) in [5.74, 6) is -0.699. The number of carbonyl (C=O) groups excluding carboxylic acids is 2. The van der Waals surface area contributed by atoms with Gasteiger partial charge in [0.25, 0.3) is 11.8 Å². The molecule has 2 amide bonds. The molecule has 1 aliphatic rings. The highest BCUT2D eigenvalue weighted by molar-refractivity contribution is 7.88. The molecule has 0 aliphatic carbocycles. The second-order valence-electron chi connectivity index (χ2n) is 7.29. The van der Waals surface area contributed by atoms with E-state index in [-0.39, 0.29) is 17.6 Å². The fraction of sp³-hybridized carbons (Fsp3) is 0.421. The number of carbonyl (C=O) groups is 2. The molecule has 0 unspecified atom stereocenters. The van der Waals surface area contributed by atoms with Gasteiger partial charge in [-0.25, -0.2) is 12.7 Å². The van der Waals surface area contributed by atoms with Crippen LogP contribution in [-0.4, -0.2) is 60.1 Å². The van der Waals surface area contributed by atoms with Crippen LogP contribution in [0.1, 0.15) is 44.8 Å². The minimum atomic E-state index is -3.22. The van der Waals surface area contributed by atoms with E-state index in [9.17, 15) is 18.0 Å². The molecular weight excluding hydrogens is 394 g/mol. The topological polar surface area (TPSA) is 124 Å². The van der Waals surface area contributed by atoms with Crippen LogP contribution in [0.15, 0.2) is 24.4 Å². The van der Waals surface area contributed by atoms with Crippen molar-refractivity contribution >= 4 is 27.5 Å². The van der Waals surface area contributed by atoms with E-state index in [4.69, 9.17) is 0 Å². The lowest BCUT2D eigenvalue weighted by molar-refractivity contribution is 0.0919. The van der Waals surface area contributed by atoms with Crippen LogP contribution in [0.4, 0.5) is 5.69 Å². The molecule has 0 bridgehead atoms. The standard InChI is InChI=1S/C19H25N5O4S/c1-12-5-4-6-13(2)16(12)18(25)22-15-11-20-23-17(15)19(26)21-14-7-9-24(10-8-14)29(3,27)28/h4-6,11,14H,7-10H2,1-3H3,(H,20,23)(H,21,26)(H,22,25). The van der Waals surface area contributed by atoms with Crippen molar-refractivity contribution in [2.45, 2.75) is 32.7 Å². The Morgan fingerprint density at radius 2 is 1.76 bits per heavy atom. The number of nitrogens with one attached hydrogen (secondary N) is 3. The molecule has 29 heavy (non-hydrogen) atoms. The predicted octanol–water partition coefficient (Wildman–Crippen LogP) is 1.43. The quantitative estimate of drug-likeness (QED) is 0.676. The Labute approximate surface area is 169 Å². The van der Waals surface area contributed by atoms with Gasteiger partial charge in [-0.1, -0.05) is 18.2 Å². The van der Waals surface area contributed by atoms with Crippen LogP contribution in [0.3, 0.4) is 0 Å². The zero-order valence-electron chi connectivity index (χ0n) is 16.7. The Hall–Kier alpha value is -2.72. The highest BCUT2D eigenvalue weighted by Crippen LogP contribution is 2.19. The van der Waals surface area contributed by atoms with Gasteiger partial charge in [0.1, 0.15) is 5.69 Å². The first-order valence-electron chi connectivity index (χ1n) is 9.33. The van der Waals surface area contributed by atoms with Crippen LogP contribution in [0.25, 0.3) is 0 Å². The van der Waals surface area contributed by atoms with E-state index < -0.39 is 15.9 Å². The fourth-order valence-corrected chi connectivity index (χ4v) is 4.37. The molecule has 1 saturated heterocycles. The number of nitrogens with zero attached hydrogens (tertiary/aromatic N) is 2. The molecule has 3 N–H and O–H groups in total. The molecule has 1 aromatic heterocycles. The minimum absolute atomic E-state index is 0.147. The summed E-state index contributed by atoms with van der Waals surface area (Å²) >= 11 is 0. The smallest absolute Gasteiger partial charge is 0.271 e. The van der Waals surface area contributed by atoms with Crippen LogP contribution in [0.2, 0.25) is 0 Å². The summed E-state index contributed by atoms with van der Waals surface area (Å²) in [7, 11) is -3.22. The molecule has 3 rings (SSSR count). The zero-order chi connectivity index (χ0) is 21.2. The fourth-order valence-electron chi connectivity index (χ4n) is 3.50. The van der Waals surface area contributed by atoms with Crippen LogP contribution >= 0.6 is 0 Å². The number of H-pyrrole nitrogens is 1. The number of sulfonamides is 1. The largest absolute Gasteiger partial charge is 0.348 e. The van der Waals surface area contributed by atoms with Gasteiger partial charge in [0.15, 0.2) is 0 Å². The first-order valence-corrected chi connectivity index (χ1v) is 11.2. The molecule has 2 aromatic rings. The first kappa shape index (κ1) is 21.0. The number of benzene rings is 1. The Morgan fingerprint density at radius 3 is 2.34 bits per heavy atom. The summed E-state index contributed by atoms with van der Waals surface area (Å²) in [5, 5.41) is 12.2. The van der Waals surface area contributed by atoms with Crippen molar-refractivity contribution in [2.75, 3.05) is 24.7 Å². The molecule has 1 aliphatic heterocycles. The van der Waals surface area contributed by atoms with Gasteiger partial charge in [-0.2, -0.15) is 5.10 Å². The summed E-state index contributed by atoms with van der Waals surface area (Å²) in [5.41, 5.74) is 2.70. The summed E-state index contributed by atoms with van der Waals surface area (Å²) in [6.07, 6.45) is 3.63. The van der Waals surface area contributed by atoms with E-state index >= 15 is 0 Å². The summed E-state index contributed by atoms with van der Waals surface area (Å²) < 4.78 is 24.6. The van der Waals surface area contributed by atoms with E-state index in [1.807, 2.05) is 32.0 Å². The van der Waals surface area contributed by atoms with Crippen molar-refractivity contribution in [1.29, 1.82) is 0 Å². The third-order valence-corrected chi connectivity index (χ3v) is 6.38. The average molecular weight is 420 g/mol. The molecule has 9 nitrogen and oxygen atoms in total. The molecule has 1 aromatic carbocycles. The molecule has 0 saturated carbocycles. The van der Waals surface area contributed by atoms with Gasteiger partial charge in [0.2, 0.25) is 10.0 Å². The number of anilines is 1. The van der Waals surface area contributed by atoms with Gasteiger partial charge in [-0.15, -0.1) is 0 Å². The van der Waals surface area contributed by atoms with Crippen molar-refractivity contribution in [1.82, 2.24) is 19.8 Å². The van der Waals surface area contributed by atoms with E-state index in [1.54, 1.807) is 0 Å². The molecule has 0 spiro atoms. The van der Waals surface area contributed by atoms with E-state index in [1.165, 1.54) is 16.8 Å². The minimum Gasteiger partial charge on any atom is -0.348 e. The van der Waals surface area contributed by atoms with Crippen LogP contribution in [0.5, 0.6) is 0 Å². The Bertz CT molecular complexity index is 1000. The SMILES string of the molecule is Cc1cccc(C)c1C(=O)Nc1cn[nH]c1C(=O)NC1CCN(S(C)(=O)=O)CC1. The second-order valence-corrected chi connectivity index (χ2v) is 9.27. The lowest BCUT2D eigenvalue weighted by Crippen LogP contribution is -2.46. The van der Waals surface area contributed by atoms with Gasteiger partial charge >= 0.3 is 0 Å². The Kier molecular flexibility index (Phi) is 6.04. The molecule has 10 heteroatoms.